The number of nitrogens with one attached hydrogen (secondary N) is 1. The molecule has 0 fully saturated rings. The maximum Gasteiger partial charge on any atom is 0.255 e. The molecule has 0 bridgehead atoms. The largest absolute Gasteiger partial charge is 0.352 e. The fourth-order valence-electron chi connectivity index (χ4n) is 1.51. The predicted octanol–water partition coefficient (Wildman–Crippen LogP) is 0.549. The molecule has 0 aliphatic rings. The van der Waals surface area contributed by atoms with Crippen molar-refractivity contribution in [3.05, 3.63) is 36.5 Å². The van der Waals surface area contributed by atoms with Crippen molar-refractivity contribution in [2.45, 2.75) is 6.92 Å². The predicted molar refractivity (Wildman–Crippen MR) is 70.9 cm³/mol. The third-order valence-electron chi connectivity index (χ3n) is 2.32. The highest BCUT2D eigenvalue weighted by Crippen LogP contribution is 2.17. The van der Waals surface area contributed by atoms with Gasteiger partial charge in [-0.1, -0.05) is 6.58 Å². The standard InChI is InChI=1S/C13H15N3O3/c1-3-11(18)16(8-9-17)12-10(6-5-7-15-12)13(19)14-4-2/h3,5-7,9H,1,4,8H2,2H3,(H,14,19). The maximum atomic E-state index is 11.9. The Bertz CT molecular complexity index is 500. The van der Waals surface area contributed by atoms with Crippen molar-refractivity contribution in [1.82, 2.24) is 10.3 Å². The third-order valence-corrected chi connectivity index (χ3v) is 2.32. The van der Waals surface area contributed by atoms with Gasteiger partial charge in [-0.25, -0.2) is 4.98 Å². The van der Waals surface area contributed by atoms with Gasteiger partial charge in [0.05, 0.1) is 12.1 Å². The Morgan fingerprint density at radius 1 is 1.53 bits per heavy atom. The molecule has 6 nitrogen and oxygen atoms in total. The lowest BCUT2D eigenvalue weighted by molar-refractivity contribution is -0.116. The van der Waals surface area contributed by atoms with Gasteiger partial charge in [-0.2, -0.15) is 0 Å². The Morgan fingerprint density at radius 2 is 2.26 bits per heavy atom. The fraction of sp³-hybridized carbons (Fsp3) is 0.231. The molecule has 0 aliphatic heterocycles. The molecule has 0 spiro atoms. The fourth-order valence-corrected chi connectivity index (χ4v) is 1.51. The minimum absolute atomic E-state index is 0.144. The highest BCUT2D eigenvalue weighted by molar-refractivity contribution is 6.07. The molecule has 1 rings (SSSR count). The molecule has 1 N–H and O–H groups in total. The molecular weight excluding hydrogens is 246 g/mol. The molecule has 0 unspecified atom stereocenters. The number of amides is 2. The number of hydrogen-bond donors (Lipinski definition) is 1. The van der Waals surface area contributed by atoms with E-state index in [0.29, 0.717) is 12.8 Å². The second-order valence-corrected chi connectivity index (χ2v) is 3.55. The first kappa shape index (κ1) is 14.6. The lowest BCUT2D eigenvalue weighted by Crippen LogP contribution is -2.34. The molecule has 0 saturated carbocycles. The first-order valence-electron chi connectivity index (χ1n) is 5.76. The van der Waals surface area contributed by atoms with E-state index in [0.717, 1.165) is 11.0 Å². The van der Waals surface area contributed by atoms with E-state index in [-0.39, 0.29) is 23.8 Å². The van der Waals surface area contributed by atoms with E-state index in [2.05, 4.69) is 16.9 Å². The van der Waals surface area contributed by atoms with Crippen molar-refractivity contribution in [2.75, 3.05) is 18.0 Å². The van der Waals surface area contributed by atoms with Crippen molar-refractivity contribution >= 4 is 23.9 Å². The summed E-state index contributed by atoms with van der Waals surface area (Å²) in [6.07, 6.45) is 3.09. The zero-order valence-electron chi connectivity index (χ0n) is 10.6. The molecule has 0 aromatic carbocycles. The van der Waals surface area contributed by atoms with Crippen molar-refractivity contribution in [1.29, 1.82) is 0 Å². The van der Waals surface area contributed by atoms with E-state index in [1.807, 2.05) is 0 Å². The Kier molecular flexibility index (Phi) is 5.40. The first-order chi connectivity index (χ1) is 9.15. The number of carbonyl (C=O) groups is 3. The van der Waals surface area contributed by atoms with Crippen LogP contribution in [0.3, 0.4) is 0 Å². The van der Waals surface area contributed by atoms with Gasteiger partial charge in [0.15, 0.2) is 0 Å². The summed E-state index contributed by atoms with van der Waals surface area (Å²) < 4.78 is 0. The number of aldehydes is 1. The van der Waals surface area contributed by atoms with Gasteiger partial charge in [0.1, 0.15) is 12.1 Å². The molecular formula is C13H15N3O3. The normalized spacial score (nSPS) is 9.53. The number of carbonyl (C=O) groups excluding carboxylic acids is 3. The molecule has 1 heterocycles. The van der Waals surface area contributed by atoms with Gasteiger partial charge in [0.2, 0.25) is 0 Å². The van der Waals surface area contributed by atoms with Crippen molar-refractivity contribution in [2.24, 2.45) is 0 Å². The number of pyridine rings is 1. The third kappa shape index (κ3) is 3.48. The summed E-state index contributed by atoms with van der Waals surface area (Å²) in [5.41, 5.74) is 0.237. The molecule has 0 saturated heterocycles. The van der Waals surface area contributed by atoms with Gasteiger partial charge >= 0.3 is 0 Å². The Balaban J connectivity index is 3.22. The summed E-state index contributed by atoms with van der Waals surface area (Å²) in [5, 5.41) is 2.63. The van der Waals surface area contributed by atoms with Crippen LogP contribution >= 0.6 is 0 Å². The average molecular weight is 261 g/mol. The monoisotopic (exact) mass is 261 g/mol. The highest BCUT2D eigenvalue weighted by atomic mass is 16.2. The second-order valence-electron chi connectivity index (χ2n) is 3.55. The van der Waals surface area contributed by atoms with E-state index in [1.165, 1.54) is 6.20 Å². The van der Waals surface area contributed by atoms with Crippen LogP contribution in [0, 0.1) is 0 Å². The molecule has 0 radical (unpaired) electrons. The number of anilines is 1. The summed E-state index contributed by atoms with van der Waals surface area (Å²) in [6, 6.07) is 3.13. The summed E-state index contributed by atoms with van der Waals surface area (Å²) >= 11 is 0. The molecule has 0 atom stereocenters. The molecule has 0 aliphatic carbocycles. The zero-order chi connectivity index (χ0) is 14.3. The topological polar surface area (TPSA) is 79.4 Å². The van der Waals surface area contributed by atoms with E-state index in [4.69, 9.17) is 0 Å². The second kappa shape index (κ2) is 7.05. The van der Waals surface area contributed by atoms with Crippen molar-refractivity contribution in [3.8, 4) is 0 Å². The zero-order valence-corrected chi connectivity index (χ0v) is 10.6. The minimum atomic E-state index is -0.489. The van der Waals surface area contributed by atoms with Crippen LogP contribution < -0.4 is 10.2 Å². The molecule has 6 heteroatoms. The van der Waals surface area contributed by atoms with Gasteiger partial charge < -0.3 is 10.1 Å². The van der Waals surface area contributed by atoms with E-state index >= 15 is 0 Å². The minimum Gasteiger partial charge on any atom is -0.352 e. The van der Waals surface area contributed by atoms with Gasteiger partial charge in [-0.05, 0) is 25.1 Å². The van der Waals surface area contributed by atoms with Crippen LogP contribution in [0.5, 0.6) is 0 Å². The summed E-state index contributed by atoms with van der Waals surface area (Å²) in [6.45, 7) is 5.42. The lowest BCUT2D eigenvalue weighted by Gasteiger charge is -2.19. The van der Waals surface area contributed by atoms with Crippen LogP contribution in [-0.4, -0.2) is 36.2 Å². The Morgan fingerprint density at radius 3 is 2.84 bits per heavy atom. The van der Waals surface area contributed by atoms with Crippen LogP contribution in [-0.2, 0) is 9.59 Å². The van der Waals surface area contributed by atoms with E-state index in [9.17, 15) is 14.4 Å². The molecule has 19 heavy (non-hydrogen) atoms. The summed E-state index contributed by atoms with van der Waals surface area (Å²) in [4.78, 5) is 39.4. The SMILES string of the molecule is C=CC(=O)N(CC=O)c1ncccc1C(=O)NCC. The Labute approximate surface area is 111 Å². The smallest absolute Gasteiger partial charge is 0.255 e. The van der Waals surface area contributed by atoms with Crippen LogP contribution in [0.25, 0.3) is 0 Å². The van der Waals surface area contributed by atoms with E-state index < -0.39 is 5.91 Å². The number of nitrogens with zero attached hydrogens (tertiary/aromatic N) is 2. The van der Waals surface area contributed by atoms with Crippen LogP contribution in [0.2, 0.25) is 0 Å². The van der Waals surface area contributed by atoms with Gasteiger partial charge in [-0.15, -0.1) is 0 Å². The van der Waals surface area contributed by atoms with Gasteiger partial charge in [0, 0.05) is 12.7 Å². The Hall–Kier alpha value is -2.50. The van der Waals surface area contributed by atoms with Gasteiger partial charge in [-0.3, -0.25) is 14.5 Å². The van der Waals surface area contributed by atoms with Crippen LogP contribution in [0.15, 0.2) is 31.0 Å². The molecule has 2 amide bonds. The molecule has 1 aromatic rings. The van der Waals surface area contributed by atoms with Gasteiger partial charge in [0.25, 0.3) is 11.8 Å². The highest BCUT2D eigenvalue weighted by Gasteiger charge is 2.20. The maximum absolute atomic E-state index is 11.9. The molecule has 100 valence electrons. The van der Waals surface area contributed by atoms with Crippen molar-refractivity contribution < 1.29 is 14.4 Å². The average Bonchev–Trinajstić information content (AvgIpc) is 2.44. The van der Waals surface area contributed by atoms with Crippen molar-refractivity contribution in [3.63, 3.8) is 0 Å². The van der Waals surface area contributed by atoms with Crippen LogP contribution in [0.4, 0.5) is 5.82 Å². The first-order valence-corrected chi connectivity index (χ1v) is 5.76. The quantitative estimate of drug-likeness (QED) is 0.599. The summed E-state index contributed by atoms with van der Waals surface area (Å²) in [7, 11) is 0. The molecule has 1 aromatic heterocycles. The van der Waals surface area contributed by atoms with E-state index in [1.54, 1.807) is 19.1 Å². The number of rotatable bonds is 6. The lowest BCUT2D eigenvalue weighted by atomic mass is 10.2. The summed E-state index contributed by atoms with van der Waals surface area (Å²) in [5.74, 6) is -0.694. The van der Waals surface area contributed by atoms with Crippen LogP contribution in [0.1, 0.15) is 17.3 Å². The number of aromatic nitrogens is 1. The number of hydrogen-bond acceptors (Lipinski definition) is 4.